The minimum Gasteiger partial charge on any atom is -0.451 e. The van der Waals surface area contributed by atoms with Gasteiger partial charge in [0.1, 0.15) is 9.88 Å². The number of aromatic nitrogens is 2. The Balaban J connectivity index is 1.31. The monoisotopic (exact) mass is 458 g/mol. The summed E-state index contributed by atoms with van der Waals surface area (Å²) in [5.74, 6) is -0.804. The lowest BCUT2D eigenvalue weighted by Gasteiger charge is -2.48. The van der Waals surface area contributed by atoms with Gasteiger partial charge in [-0.3, -0.25) is 14.7 Å². The van der Waals surface area contributed by atoms with Crippen molar-refractivity contribution in [3.05, 3.63) is 35.0 Å². The molecule has 2 aromatic rings. The number of hydrogen-bond donors (Lipinski definition) is 1. The van der Waals surface area contributed by atoms with E-state index in [4.69, 9.17) is 9.47 Å². The highest BCUT2D eigenvalue weighted by atomic mass is 32.1. The van der Waals surface area contributed by atoms with Gasteiger partial charge < -0.3 is 14.8 Å². The van der Waals surface area contributed by atoms with Crippen molar-refractivity contribution >= 4 is 23.2 Å². The van der Waals surface area contributed by atoms with Gasteiger partial charge >= 0.3 is 5.97 Å². The van der Waals surface area contributed by atoms with Gasteiger partial charge in [0.05, 0.1) is 24.6 Å². The average Bonchev–Trinajstić information content (AvgIpc) is 3.24. The smallest absolute Gasteiger partial charge is 0.350 e. The van der Waals surface area contributed by atoms with Crippen LogP contribution in [-0.2, 0) is 14.3 Å². The number of aryl methyl sites for hydroxylation is 1. The first-order chi connectivity index (χ1) is 15.6. The Labute approximate surface area is 192 Å². The van der Waals surface area contributed by atoms with E-state index in [0.717, 1.165) is 39.1 Å². The van der Waals surface area contributed by atoms with Crippen LogP contribution in [0.4, 0.5) is 0 Å². The summed E-state index contributed by atoms with van der Waals surface area (Å²) in [6.45, 7) is 5.31. The SMILES string of the molecule is Cc1nc(-c2ccccn2)sc1C(=O)OCC(=O)NCC1(N2CCOCC2)CCCCC1. The van der Waals surface area contributed by atoms with Gasteiger partial charge in [-0.05, 0) is 31.9 Å². The highest BCUT2D eigenvalue weighted by Crippen LogP contribution is 2.34. The highest BCUT2D eigenvalue weighted by molar-refractivity contribution is 7.17. The summed E-state index contributed by atoms with van der Waals surface area (Å²) in [5.41, 5.74) is 1.26. The molecule has 32 heavy (non-hydrogen) atoms. The predicted octanol–water partition coefficient (Wildman–Crippen LogP) is 2.82. The van der Waals surface area contributed by atoms with E-state index >= 15 is 0 Å². The average molecular weight is 459 g/mol. The maximum Gasteiger partial charge on any atom is 0.350 e. The minimum absolute atomic E-state index is 0.0203. The molecule has 0 radical (unpaired) electrons. The number of morpholine rings is 1. The zero-order chi connectivity index (χ0) is 22.4. The molecule has 1 N–H and O–H groups in total. The van der Waals surface area contributed by atoms with Crippen LogP contribution in [-0.4, -0.2) is 71.7 Å². The van der Waals surface area contributed by atoms with E-state index in [9.17, 15) is 9.59 Å². The van der Waals surface area contributed by atoms with Crippen molar-refractivity contribution in [1.82, 2.24) is 20.2 Å². The van der Waals surface area contributed by atoms with Crippen LogP contribution in [0.15, 0.2) is 24.4 Å². The fraction of sp³-hybridized carbons (Fsp3) is 0.565. The summed E-state index contributed by atoms with van der Waals surface area (Å²) in [4.78, 5) is 36.6. The van der Waals surface area contributed by atoms with Crippen molar-refractivity contribution in [2.45, 2.75) is 44.6 Å². The Morgan fingerprint density at radius 2 is 2.00 bits per heavy atom. The van der Waals surface area contributed by atoms with E-state index < -0.39 is 5.97 Å². The second-order valence-corrected chi connectivity index (χ2v) is 9.38. The lowest BCUT2D eigenvalue weighted by atomic mass is 9.79. The van der Waals surface area contributed by atoms with Gasteiger partial charge in [0, 0.05) is 31.4 Å². The summed E-state index contributed by atoms with van der Waals surface area (Å²) < 4.78 is 10.8. The zero-order valence-electron chi connectivity index (χ0n) is 18.5. The number of nitrogens with zero attached hydrogens (tertiary/aromatic N) is 3. The summed E-state index contributed by atoms with van der Waals surface area (Å²) in [7, 11) is 0. The molecule has 0 spiro atoms. The molecule has 172 valence electrons. The fourth-order valence-corrected chi connectivity index (χ4v) is 5.48. The largest absolute Gasteiger partial charge is 0.451 e. The van der Waals surface area contributed by atoms with E-state index in [1.54, 1.807) is 13.1 Å². The minimum atomic E-state index is -0.530. The first-order valence-corrected chi connectivity index (χ1v) is 12.0. The maximum absolute atomic E-state index is 12.6. The van der Waals surface area contributed by atoms with Crippen molar-refractivity contribution < 1.29 is 19.1 Å². The van der Waals surface area contributed by atoms with E-state index in [1.165, 1.54) is 30.6 Å². The molecule has 9 heteroatoms. The normalized spacial score (nSPS) is 18.8. The number of esters is 1. The lowest BCUT2D eigenvalue weighted by molar-refractivity contribution is -0.125. The molecule has 0 atom stereocenters. The summed E-state index contributed by atoms with van der Waals surface area (Å²) in [6, 6.07) is 5.54. The van der Waals surface area contributed by atoms with Crippen LogP contribution in [0.1, 0.15) is 47.5 Å². The quantitative estimate of drug-likeness (QED) is 0.638. The van der Waals surface area contributed by atoms with Crippen LogP contribution in [0, 0.1) is 6.92 Å². The van der Waals surface area contributed by atoms with Crippen molar-refractivity contribution in [2.75, 3.05) is 39.5 Å². The summed E-state index contributed by atoms with van der Waals surface area (Å²) in [6.07, 6.45) is 7.42. The molecule has 0 unspecified atom stereocenters. The molecular weight excluding hydrogens is 428 g/mol. The van der Waals surface area contributed by atoms with Crippen LogP contribution in [0.5, 0.6) is 0 Å². The van der Waals surface area contributed by atoms with Gasteiger partial charge in [-0.2, -0.15) is 0 Å². The number of pyridine rings is 1. The van der Waals surface area contributed by atoms with Gasteiger partial charge in [-0.25, -0.2) is 9.78 Å². The molecule has 8 nitrogen and oxygen atoms in total. The topological polar surface area (TPSA) is 93.7 Å². The molecule has 0 bridgehead atoms. The van der Waals surface area contributed by atoms with Crippen molar-refractivity contribution in [3.63, 3.8) is 0 Å². The Hall–Kier alpha value is -2.36. The second kappa shape index (κ2) is 10.5. The second-order valence-electron chi connectivity index (χ2n) is 8.39. The molecule has 1 amide bonds. The third-order valence-corrected chi connectivity index (χ3v) is 7.44. The predicted molar refractivity (Wildman–Crippen MR) is 122 cm³/mol. The molecule has 1 aliphatic carbocycles. The highest BCUT2D eigenvalue weighted by Gasteiger charge is 2.38. The third-order valence-electron chi connectivity index (χ3n) is 6.28. The van der Waals surface area contributed by atoms with Crippen LogP contribution in [0.25, 0.3) is 10.7 Å². The van der Waals surface area contributed by atoms with E-state index in [-0.39, 0.29) is 18.1 Å². The van der Waals surface area contributed by atoms with Crippen molar-refractivity contribution in [2.24, 2.45) is 0 Å². The van der Waals surface area contributed by atoms with Crippen molar-refractivity contribution in [3.8, 4) is 10.7 Å². The lowest BCUT2D eigenvalue weighted by Crippen LogP contribution is -2.59. The third kappa shape index (κ3) is 5.33. The Morgan fingerprint density at radius 1 is 1.22 bits per heavy atom. The van der Waals surface area contributed by atoms with Crippen LogP contribution < -0.4 is 5.32 Å². The number of thiazole rings is 1. The molecule has 0 aromatic carbocycles. The fourth-order valence-electron chi connectivity index (χ4n) is 4.55. The molecule has 3 heterocycles. The molecule has 2 fully saturated rings. The van der Waals surface area contributed by atoms with Gasteiger partial charge in [0.2, 0.25) is 0 Å². The summed E-state index contributed by atoms with van der Waals surface area (Å²) in [5, 5.41) is 3.68. The standard InChI is InChI=1S/C23H30N4O4S/c1-17-20(32-21(26-17)18-7-3-6-10-24-18)22(29)31-15-19(28)25-16-23(8-4-2-5-9-23)27-11-13-30-14-12-27/h3,6-7,10H,2,4-5,8-9,11-16H2,1H3,(H,25,28). The number of rotatable bonds is 7. The molecule has 2 aromatic heterocycles. The van der Waals surface area contributed by atoms with E-state index in [2.05, 4.69) is 20.2 Å². The van der Waals surface area contributed by atoms with Gasteiger partial charge in [-0.15, -0.1) is 11.3 Å². The van der Waals surface area contributed by atoms with Gasteiger partial charge in [0.15, 0.2) is 6.61 Å². The molecule has 2 aliphatic rings. The molecule has 1 aliphatic heterocycles. The van der Waals surface area contributed by atoms with Crippen LogP contribution in [0.2, 0.25) is 0 Å². The number of carbonyl (C=O) groups is 2. The maximum atomic E-state index is 12.6. The van der Waals surface area contributed by atoms with Crippen LogP contribution >= 0.6 is 11.3 Å². The molecule has 1 saturated heterocycles. The van der Waals surface area contributed by atoms with E-state index in [1.807, 2.05) is 18.2 Å². The molecule has 1 saturated carbocycles. The van der Waals surface area contributed by atoms with E-state index in [0.29, 0.717) is 27.8 Å². The van der Waals surface area contributed by atoms with Gasteiger partial charge in [-0.1, -0.05) is 25.3 Å². The van der Waals surface area contributed by atoms with Gasteiger partial charge in [0.25, 0.3) is 5.91 Å². The zero-order valence-corrected chi connectivity index (χ0v) is 19.3. The number of nitrogens with one attached hydrogen (secondary N) is 1. The Bertz CT molecular complexity index is 921. The number of amides is 1. The first-order valence-electron chi connectivity index (χ1n) is 11.2. The Kier molecular flexibility index (Phi) is 7.49. The number of ether oxygens (including phenoxy) is 2. The van der Waals surface area contributed by atoms with Crippen LogP contribution in [0.3, 0.4) is 0 Å². The summed E-state index contributed by atoms with van der Waals surface area (Å²) >= 11 is 1.23. The van der Waals surface area contributed by atoms with Crippen molar-refractivity contribution in [1.29, 1.82) is 0 Å². The Morgan fingerprint density at radius 3 is 2.72 bits per heavy atom. The first kappa shape index (κ1) is 22.8. The molecule has 4 rings (SSSR count). The molecular formula is C23H30N4O4S. The number of carbonyl (C=O) groups excluding carboxylic acids is 2. The number of hydrogen-bond acceptors (Lipinski definition) is 8.